The third-order valence-corrected chi connectivity index (χ3v) is 5.05. The summed E-state index contributed by atoms with van der Waals surface area (Å²) in [7, 11) is -2.67. The Morgan fingerprint density at radius 2 is 1.87 bits per heavy atom. The van der Waals surface area contributed by atoms with Gasteiger partial charge in [0.1, 0.15) is 5.75 Å². The molecule has 23 heavy (non-hydrogen) atoms. The van der Waals surface area contributed by atoms with Crippen LogP contribution in [0.1, 0.15) is 5.82 Å². The van der Waals surface area contributed by atoms with Crippen LogP contribution < -0.4 is 4.18 Å². The molecule has 126 valence electrons. The van der Waals surface area contributed by atoms with Crippen LogP contribution in [0.5, 0.6) is 5.75 Å². The highest BCUT2D eigenvalue weighted by Gasteiger charge is 2.37. The molecule has 0 unspecified atom stereocenters. The standard InChI is InChI=1S/C12H12F3N3O3S2/c1-18-10(12(13,14)15)16-17-11(18)22-7-8-23(19,20)21-9-5-3-2-4-6-9/h2-6H,7-8H2,1H3. The van der Waals surface area contributed by atoms with Crippen molar-refractivity contribution < 1.29 is 25.8 Å². The normalized spacial score (nSPS) is 12.3. The summed E-state index contributed by atoms with van der Waals surface area (Å²) >= 11 is 0.852. The molecule has 0 amide bonds. The van der Waals surface area contributed by atoms with E-state index in [-0.39, 0.29) is 22.4 Å². The number of halogens is 3. The summed E-state index contributed by atoms with van der Waals surface area (Å²) < 4.78 is 66.9. The molecule has 0 bridgehead atoms. The van der Waals surface area contributed by atoms with Crippen molar-refractivity contribution in [1.82, 2.24) is 14.8 Å². The van der Waals surface area contributed by atoms with E-state index in [0.717, 1.165) is 16.3 Å². The van der Waals surface area contributed by atoms with E-state index in [2.05, 4.69) is 10.2 Å². The van der Waals surface area contributed by atoms with Gasteiger partial charge in [0.05, 0.1) is 5.75 Å². The lowest BCUT2D eigenvalue weighted by atomic mass is 10.3. The average molecular weight is 367 g/mol. The maximum absolute atomic E-state index is 12.6. The first-order chi connectivity index (χ1) is 10.7. The topological polar surface area (TPSA) is 74.1 Å². The van der Waals surface area contributed by atoms with Gasteiger partial charge in [0.15, 0.2) is 5.16 Å². The lowest BCUT2D eigenvalue weighted by molar-refractivity contribution is -0.147. The van der Waals surface area contributed by atoms with Crippen molar-refractivity contribution in [3.63, 3.8) is 0 Å². The first-order valence-corrected chi connectivity index (χ1v) is 8.82. The highest BCUT2D eigenvalue weighted by Crippen LogP contribution is 2.29. The fraction of sp³-hybridized carbons (Fsp3) is 0.333. The van der Waals surface area contributed by atoms with Crippen molar-refractivity contribution in [2.24, 2.45) is 7.05 Å². The Morgan fingerprint density at radius 3 is 2.43 bits per heavy atom. The summed E-state index contributed by atoms with van der Waals surface area (Å²) in [5, 5.41) is 6.44. The van der Waals surface area contributed by atoms with Gasteiger partial charge in [-0.1, -0.05) is 30.0 Å². The molecule has 1 aromatic carbocycles. The summed E-state index contributed by atoms with van der Waals surface area (Å²) in [6.45, 7) is 0. The van der Waals surface area contributed by atoms with Crippen molar-refractivity contribution in [3.05, 3.63) is 36.2 Å². The van der Waals surface area contributed by atoms with Crippen LogP contribution in [-0.2, 0) is 23.3 Å². The first-order valence-electron chi connectivity index (χ1n) is 6.25. The molecule has 2 aromatic rings. The molecule has 0 saturated heterocycles. The second kappa shape index (κ2) is 6.79. The number of hydrogen-bond donors (Lipinski definition) is 0. The molecule has 0 aliphatic carbocycles. The SMILES string of the molecule is Cn1c(SCCS(=O)(=O)Oc2ccccc2)nnc1C(F)(F)F. The van der Waals surface area contributed by atoms with E-state index >= 15 is 0 Å². The molecular weight excluding hydrogens is 355 g/mol. The van der Waals surface area contributed by atoms with E-state index in [1.165, 1.54) is 19.2 Å². The van der Waals surface area contributed by atoms with Crippen molar-refractivity contribution in [1.29, 1.82) is 0 Å². The zero-order valence-electron chi connectivity index (χ0n) is 11.8. The summed E-state index contributed by atoms with van der Waals surface area (Å²) in [6, 6.07) is 7.93. The Kier molecular flexibility index (Phi) is 5.19. The van der Waals surface area contributed by atoms with Gasteiger partial charge in [0.25, 0.3) is 0 Å². The molecule has 6 nitrogen and oxygen atoms in total. The molecule has 0 N–H and O–H groups in total. The van der Waals surface area contributed by atoms with E-state index in [9.17, 15) is 21.6 Å². The molecule has 0 fully saturated rings. The number of rotatable bonds is 6. The molecule has 1 heterocycles. The molecule has 0 aliphatic rings. The van der Waals surface area contributed by atoms with Crippen molar-refractivity contribution >= 4 is 21.9 Å². The predicted molar refractivity (Wildman–Crippen MR) is 77.6 cm³/mol. The van der Waals surface area contributed by atoms with E-state index in [0.29, 0.717) is 0 Å². The lowest BCUT2D eigenvalue weighted by Crippen LogP contribution is -2.16. The quantitative estimate of drug-likeness (QED) is 0.576. The molecule has 11 heteroatoms. The Bertz CT molecular complexity index is 761. The number of alkyl halides is 3. The first kappa shape index (κ1) is 17.6. The largest absolute Gasteiger partial charge is 0.451 e. The fourth-order valence-electron chi connectivity index (χ4n) is 1.59. The minimum atomic E-state index is -4.61. The van der Waals surface area contributed by atoms with Crippen LogP contribution >= 0.6 is 11.8 Å². The van der Waals surface area contributed by atoms with Gasteiger partial charge in [0.2, 0.25) is 5.82 Å². The highest BCUT2D eigenvalue weighted by molar-refractivity contribution is 8.00. The summed E-state index contributed by atoms with van der Waals surface area (Å²) in [5.74, 6) is -1.35. The van der Waals surface area contributed by atoms with Crippen LogP contribution in [0.3, 0.4) is 0 Å². The van der Waals surface area contributed by atoms with Crippen molar-refractivity contribution in [2.45, 2.75) is 11.3 Å². The smallest absolute Gasteiger partial charge is 0.382 e. The van der Waals surface area contributed by atoms with Crippen LogP contribution in [0.15, 0.2) is 35.5 Å². The van der Waals surface area contributed by atoms with Gasteiger partial charge in [-0.3, -0.25) is 0 Å². The van der Waals surface area contributed by atoms with Gasteiger partial charge in [0, 0.05) is 12.8 Å². The van der Waals surface area contributed by atoms with Crippen LogP contribution in [0.4, 0.5) is 13.2 Å². The van der Waals surface area contributed by atoms with Crippen molar-refractivity contribution in [2.75, 3.05) is 11.5 Å². The Morgan fingerprint density at radius 1 is 1.22 bits per heavy atom. The number of aromatic nitrogens is 3. The molecular formula is C12H12F3N3O3S2. The molecule has 0 aliphatic heterocycles. The Hall–Kier alpha value is -1.75. The Labute approximate surface area is 134 Å². The molecule has 1 aromatic heterocycles. The van der Waals surface area contributed by atoms with E-state index in [1.807, 2.05) is 0 Å². The highest BCUT2D eigenvalue weighted by atomic mass is 32.2. The van der Waals surface area contributed by atoms with Gasteiger partial charge in [-0.15, -0.1) is 10.2 Å². The van der Waals surface area contributed by atoms with Gasteiger partial charge in [-0.2, -0.15) is 21.6 Å². The predicted octanol–water partition coefficient (Wildman–Crippen LogP) is 2.33. The molecule has 0 radical (unpaired) electrons. The fourth-order valence-corrected chi connectivity index (χ4v) is 3.79. The minimum absolute atomic E-state index is 0.0149. The van der Waals surface area contributed by atoms with E-state index in [4.69, 9.17) is 4.18 Å². The molecule has 0 saturated carbocycles. The van der Waals surface area contributed by atoms with Gasteiger partial charge >= 0.3 is 16.3 Å². The van der Waals surface area contributed by atoms with Crippen LogP contribution in [-0.4, -0.2) is 34.7 Å². The van der Waals surface area contributed by atoms with Gasteiger partial charge < -0.3 is 8.75 Å². The third kappa shape index (κ3) is 4.86. The van der Waals surface area contributed by atoms with Gasteiger partial charge in [-0.05, 0) is 12.1 Å². The maximum atomic E-state index is 12.6. The zero-order valence-corrected chi connectivity index (χ0v) is 13.5. The monoisotopic (exact) mass is 367 g/mol. The minimum Gasteiger partial charge on any atom is -0.382 e. The summed E-state index contributed by atoms with van der Waals surface area (Å²) in [4.78, 5) is 0. The van der Waals surface area contributed by atoms with Crippen LogP contribution in [0, 0.1) is 0 Å². The molecule has 0 atom stereocenters. The van der Waals surface area contributed by atoms with Crippen LogP contribution in [0.2, 0.25) is 0 Å². The molecule has 0 spiro atoms. The zero-order chi connectivity index (χ0) is 17.1. The van der Waals surface area contributed by atoms with Crippen LogP contribution in [0.25, 0.3) is 0 Å². The maximum Gasteiger partial charge on any atom is 0.451 e. The lowest BCUT2D eigenvalue weighted by Gasteiger charge is -2.07. The van der Waals surface area contributed by atoms with Crippen molar-refractivity contribution in [3.8, 4) is 5.75 Å². The number of hydrogen-bond acceptors (Lipinski definition) is 6. The second-order valence-corrected chi connectivity index (χ2v) is 7.12. The number of thioether (sulfide) groups is 1. The average Bonchev–Trinajstić information content (AvgIpc) is 2.80. The summed E-state index contributed by atoms with van der Waals surface area (Å²) in [5.41, 5.74) is 0. The molecule has 2 rings (SSSR count). The number of nitrogens with zero attached hydrogens (tertiary/aromatic N) is 3. The van der Waals surface area contributed by atoms with Gasteiger partial charge in [-0.25, -0.2) is 0 Å². The second-order valence-electron chi connectivity index (χ2n) is 4.37. The van der Waals surface area contributed by atoms with E-state index < -0.39 is 22.1 Å². The Balaban J connectivity index is 1.93. The third-order valence-electron chi connectivity index (χ3n) is 2.62. The van der Waals surface area contributed by atoms with E-state index in [1.54, 1.807) is 18.2 Å². The number of benzene rings is 1. The summed E-state index contributed by atoms with van der Waals surface area (Å²) in [6.07, 6.45) is -4.61. The number of para-hydroxylation sites is 1.